The molecule has 3 aromatic carbocycles. The molecule has 3 rings (SSSR count). The van der Waals surface area contributed by atoms with E-state index in [4.69, 9.17) is 5.73 Å². The highest BCUT2D eigenvalue weighted by Crippen LogP contribution is 2.12. The van der Waals surface area contributed by atoms with Gasteiger partial charge in [0.2, 0.25) is 17.7 Å². The van der Waals surface area contributed by atoms with Crippen LogP contribution in [0.4, 0.5) is 0 Å². The Morgan fingerprint density at radius 3 is 1.61 bits per heavy atom. The number of carbonyl (C=O) groups is 4. The van der Waals surface area contributed by atoms with Crippen LogP contribution in [0.25, 0.3) is 0 Å². The number of hydrogen-bond acceptors (Lipinski definition) is 7. The number of amides is 3. The van der Waals surface area contributed by atoms with Crippen LogP contribution in [0.2, 0.25) is 0 Å². The van der Waals surface area contributed by atoms with Gasteiger partial charge in [-0.2, -0.15) is 12.6 Å². The summed E-state index contributed by atoms with van der Waals surface area (Å²) >= 11 is 4.20. The van der Waals surface area contributed by atoms with Crippen LogP contribution in [-0.2, 0) is 38.4 Å². The van der Waals surface area contributed by atoms with E-state index in [1.807, 2.05) is 30.3 Å². The van der Waals surface area contributed by atoms with E-state index in [1.54, 1.807) is 42.5 Å². The number of carboxylic acid groups (broad SMARTS) is 1. The Hall–Kier alpha value is -4.35. The van der Waals surface area contributed by atoms with Crippen molar-refractivity contribution in [3.05, 3.63) is 102 Å². The molecule has 0 fully saturated rings. The summed E-state index contributed by atoms with van der Waals surface area (Å²) in [5, 5.41) is 27.0. The number of carbonyl (C=O) groups excluding carboxylic acids is 3. The molecule has 0 aliphatic rings. The van der Waals surface area contributed by atoms with Crippen LogP contribution in [0, 0.1) is 0 Å². The largest absolute Gasteiger partial charge is 0.508 e. The van der Waals surface area contributed by atoms with Gasteiger partial charge in [-0.25, -0.2) is 4.79 Å². The SMILES string of the molecule is NC(Cc1ccccc1)C(=O)NC(CS)C(=O)NC(Cc1ccccc1)C(=O)NC(Cc1ccc(O)cc1)C(=O)O. The first kappa shape index (κ1) is 31.2. The standard InChI is InChI=1S/C30H34N4O6S/c31-23(15-19-7-3-1-4-8-19)27(36)34-26(18-41)29(38)32-24(16-20-9-5-2-6-10-20)28(37)33-25(30(39)40)17-21-11-13-22(35)14-12-21/h1-14,23-26,35,41H,15-18,31H2,(H,32,38)(H,33,37)(H,34,36)(H,39,40). The molecule has 0 spiro atoms. The third-order valence-electron chi connectivity index (χ3n) is 6.36. The molecule has 0 bridgehead atoms. The fourth-order valence-corrected chi connectivity index (χ4v) is 4.36. The van der Waals surface area contributed by atoms with Crippen molar-refractivity contribution in [1.29, 1.82) is 0 Å². The lowest BCUT2D eigenvalue weighted by atomic mass is 10.0. The first-order valence-electron chi connectivity index (χ1n) is 13.0. The molecular formula is C30H34N4O6S. The highest BCUT2D eigenvalue weighted by Gasteiger charge is 2.30. The lowest BCUT2D eigenvalue weighted by Crippen LogP contribution is -2.58. The van der Waals surface area contributed by atoms with Crippen molar-refractivity contribution in [1.82, 2.24) is 16.0 Å². The number of thiol groups is 1. The van der Waals surface area contributed by atoms with Crippen molar-refractivity contribution in [2.75, 3.05) is 5.75 Å². The summed E-state index contributed by atoms with van der Waals surface area (Å²) in [6, 6.07) is 19.6. The molecule has 0 saturated heterocycles. The highest BCUT2D eigenvalue weighted by molar-refractivity contribution is 7.80. The van der Waals surface area contributed by atoms with Crippen molar-refractivity contribution in [2.24, 2.45) is 5.73 Å². The summed E-state index contributed by atoms with van der Waals surface area (Å²) in [5.41, 5.74) is 8.24. The zero-order valence-electron chi connectivity index (χ0n) is 22.3. The van der Waals surface area contributed by atoms with E-state index >= 15 is 0 Å². The van der Waals surface area contributed by atoms with Gasteiger partial charge >= 0.3 is 5.97 Å². The molecule has 0 radical (unpaired) electrons. The number of benzene rings is 3. The Morgan fingerprint density at radius 2 is 1.07 bits per heavy atom. The molecule has 41 heavy (non-hydrogen) atoms. The lowest BCUT2D eigenvalue weighted by molar-refractivity contribution is -0.142. The van der Waals surface area contributed by atoms with Crippen LogP contribution in [0.3, 0.4) is 0 Å². The summed E-state index contributed by atoms with van der Waals surface area (Å²) in [6.07, 6.45) is 0.303. The third-order valence-corrected chi connectivity index (χ3v) is 6.72. The minimum Gasteiger partial charge on any atom is -0.508 e. The lowest BCUT2D eigenvalue weighted by Gasteiger charge is -2.25. The summed E-state index contributed by atoms with van der Waals surface area (Å²) in [6.45, 7) is 0. The van der Waals surface area contributed by atoms with Gasteiger partial charge in [0, 0.05) is 18.6 Å². The quantitative estimate of drug-likeness (QED) is 0.141. The maximum Gasteiger partial charge on any atom is 0.326 e. The Kier molecular flexibility index (Phi) is 11.7. The average Bonchev–Trinajstić information content (AvgIpc) is 2.97. The topological polar surface area (TPSA) is 171 Å². The van der Waals surface area contributed by atoms with Gasteiger partial charge in [0.15, 0.2) is 0 Å². The van der Waals surface area contributed by atoms with E-state index in [0.29, 0.717) is 5.56 Å². The Morgan fingerprint density at radius 1 is 0.634 bits per heavy atom. The van der Waals surface area contributed by atoms with Crippen LogP contribution in [0.5, 0.6) is 5.75 Å². The molecule has 0 aliphatic heterocycles. The summed E-state index contributed by atoms with van der Waals surface area (Å²) in [5.74, 6) is -3.22. The molecule has 3 amide bonds. The van der Waals surface area contributed by atoms with Crippen LogP contribution >= 0.6 is 12.6 Å². The highest BCUT2D eigenvalue weighted by atomic mass is 32.1. The molecule has 0 aliphatic carbocycles. The van der Waals surface area contributed by atoms with Crippen molar-refractivity contribution in [2.45, 2.75) is 43.4 Å². The second kappa shape index (κ2) is 15.4. The second-order valence-corrected chi connectivity index (χ2v) is 9.93. The Bertz CT molecular complexity index is 1310. The molecule has 0 saturated carbocycles. The predicted octanol–water partition coefficient (Wildman–Crippen LogP) is 1.22. The molecule has 4 atom stereocenters. The van der Waals surface area contributed by atoms with Crippen LogP contribution < -0.4 is 21.7 Å². The van der Waals surface area contributed by atoms with Gasteiger partial charge < -0.3 is 31.9 Å². The molecule has 10 nitrogen and oxygen atoms in total. The second-order valence-electron chi connectivity index (χ2n) is 9.56. The number of aliphatic carboxylic acids is 1. The fraction of sp³-hybridized carbons (Fsp3) is 0.267. The van der Waals surface area contributed by atoms with Crippen molar-refractivity contribution in [3.8, 4) is 5.75 Å². The number of nitrogens with one attached hydrogen (secondary N) is 3. The van der Waals surface area contributed by atoms with Gasteiger partial charge in [0.05, 0.1) is 6.04 Å². The van der Waals surface area contributed by atoms with Crippen molar-refractivity contribution in [3.63, 3.8) is 0 Å². The van der Waals surface area contributed by atoms with Crippen LogP contribution in [0.1, 0.15) is 16.7 Å². The Balaban J connectivity index is 1.71. The number of aromatic hydroxyl groups is 1. The normalized spacial score (nSPS) is 13.7. The maximum atomic E-state index is 13.3. The van der Waals surface area contributed by atoms with Crippen LogP contribution in [0.15, 0.2) is 84.9 Å². The number of phenolic OH excluding ortho intramolecular Hbond substituents is 1. The zero-order valence-corrected chi connectivity index (χ0v) is 23.2. The minimum atomic E-state index is -1.29. The van der Waals surface area contributed by atoms with E-state index in [1.165, 1.54) is 12.1 Å². The van der Waals surface area contributed by atoms with Gasteiger partial charge in [0.1, 0.15) is 23.9 Å². The predicted molar refractivity (Wildman–Crippen MR) is 157 cm³/mol. The zero-order chi connectivity index (χ0) is 29.8. The van der Waals surface area contributed by atoms with E-state index in [2.05, 4.69) is 28.6 Å². The molecule has 7 N–H and O–H groups in total. The van der Waals surface area contributed by atoms with Gasteiger partial charge in [-0.15, -0.1) is 0 Å². The van der Waals surface area contributed by atoms with Crippen molar-refractivity contribution < 1.29 is 29.4 Å². The monoisotopic (exact) mass is 578 g/mol. The molecule has 0 aromatic heterocycles. The summed E-state index contributed by atoms with van der Waals surface area (Å²) in [4.78, 5) is 51.2. The van der Waals surface area contributed by atoms with Crippen molar-refractivity contribution >= 4 is 36.3 Å². The molecular weight excluding hydrogens is 544 g/mol. The minimum absolute atomic E-state index is 0.0298. The fourth-order valence-electron chi connectivity index (χ4n) is 4.11. The first-order chi connectivity index (χ1) is 19.7. The van der Waals surface area contributed by atoms with Crippen LogP contribution in [-0.4, -0.2) is 63.8 Å². The summed E-state index contributed by atoms with van der Waals surface area (Å²) < 4.78 is 0. The number of hydrogen-bond donors (Lipinski definition) is 7. The van der Waals surface area contributed by atoms with E-state index < -0.39 is 47.9 Å². The molecule has 0 heterocycles. The molecule has 216 valence electrons. The molecule has 4 unspecified atom stereocenters. The molecule has 3 aromatic rings. The number of carboxylic acids is 1. The smallest absolute Gasteiger partial charge is 0.326 e. The Labute approximate surface area is 243 Å². The van der Waals surface area contributed by atoms with E-state index in [9.17, 15) is 29.4 Å². The first-order valence-corrected chi connectivity index (χ1v) is 13.7. The number of phenols is 1. The summed E-state index contributed by atoms with van der Waals surface area (Å²) in [7, 11) is 0. The number of nitrogens with two attached hydrogens (primary N) is 1. The van der Waals surface area contributed by atoms with Gasteiger partial charge in [-0.1, -0.05) is 72.8 Å². The van der Waals surface area contributed by atoms with Gasteiger partial charge in [-0.3, -0.25) is 14.4 Å². The third kappa shape index (κ3) is 9.96. The van der Waals surface area contributed by atoms with Gasteiger partial charge in [0.25, 0.3) is 0 Å². The van der Waals surface area contributed by atoms with E-state index in [-0.39, 0.29) is 30.8 Å². The number of rotatable bonds is 14. The molecule has 11 heteroatoms. The maximum absolute atomic E-state index is 13.3. The van der Waals surface area contributed by atoms with Gasteiger partial charge in [-0.05, 0) is 35.2 Å². The average molecular weight is 579 g/mol. The van der Waals surface area contributed by atoms with E-state index in [0.717, 1.165) is 11.1 Å².